The summed E-state index contributed by atoms with van der Waals surface area (Å²) in [5, 5.41) is 7.85. The van der Waals surface area contributed by atoms with Gasteiger partial charge in [0.25, 0.3) is 5.56 Å². The number of amides is 1. The zero-order valence-electron chi connectivity index (χ0n) is 22.6. The Bertz CT molecular complexity index is 1840. The van der Waals surface area contributed by atoms with E-state index in [0.717, 1.165) is 39.0 Å². The van der Waals surface area contributed by atoms with Crippen LogP contribution in [0.5, 0.6) is 0 Å². The van der Waals surface area contributed by atoms with E-state index in [4.69, 9.17) is 4.94 Å². The number of aromatic nitrogens is 4. The highest BCUT2D eigenvalue weighted by Crippen LogP contribution is 2.28. The van der Waals surface area contributed by atoms with Crippen LogP contribution >= 0.6 is 0 Å². The molecule has 11 nitrogen and oxygen atoms in total. The third-order valence-corrected chi connectivity index (χ3v) is 7.09. The van der Waals surface area contributed by atoms with Crippen molar-refractivity contribution in [3.8, 4) is 5.69 Å². The molecule has 4 aromatic rings. The van der Waals surface area contributed by atoms with Crippen LogP contribution in [0.25, 0.3) is 22.2 Å². The zero-order chi connectivity index (χ0) is 28.7. The van der Waals surface area contributed by atoms with Crippen molar-refractivity contribution < 1.29 is 14.1 Å². The standard InChI is InChI=1S/C29H27FN8O3/c1-17-15-36(25-5-4-21(30)10-24(17)25)22-8-19(11-32-12-22)16-37-26(20-6-7-38-23(9-20)13-34-41-38)14-33-27(29(37)40)35-28(39)18(2)31-3/h4-15,18,31,34H,16H2,1-3H3,(H,33,35,39)/t18-/m0/s1. The first kappa shape index (κ1) is 26.2. The number of aryl methyl sites for hydroxylation is 1. The summed E-state index contributed by atoms with van der Waals surface area (Å²) in [6, 6.07) is 6.08. The lowest BCUT2D eigenvalue weighted by Crippen LogP contribution is -2.38. The van der Waals surface area contributed by atoms with Gasteiger partial charge in [-0.05, 0) is 68.4 Å². The molecule has 3 aromatic heterocycles. The number of nitrogens with one attached hydrogen (secondary N) is 3. The van der Waals surface area contributed by atoms with Crippen molar-refractivity contribution in [1.82, 2.24) is 35.0 Å². The molecule has 6 rings (SSSR count). The number of carbonyl (C=O) groups is 1. The highest BCUT2D eigenvalue weighted by atomic mass is 19.1. The number of benzene rings is 1. The predicted octanol–water partition coefficient (Wildman–Crippen LogP) is 3.13. The fraction of sp³-hybridized carbons (Fsp3) is 0.172. The van der Waals surface area contributed by atoms with Gasteiger partial charge in [-0.15, -0.1) is 0 Å². The molecule has 208 valence electrons. The topological polar surface area (TPSA) is 118 Å². The molecule has 1 amide bonds. The number of allylic oxidation sites excluding steroid dienone is 3. The van der Waals surface area contributed by atoms with E-state index >= 15 is 0 Å². The van der Waals surface area contributed by atoms with Crippen molar-refractivity contribution in [2.24, 2.45) is 0 Å². The van der Waals surface area contributed by atoms with Gasteiger partial charge in [0.15, 0.2) is 5.82 Å². The van der Waals surface area contributed by atoms with Gasteiger partial charge in [0.05, 0.1) is 53.8 Å². The van der Waals surface area contributed by atoms with E-state index in [2.05, 4.69) is 26.1 Å². The molecule has 3 N–H and O–H groups in total. The lowest BCUT2D eigenvalue weighted by molar-refractivity contribution is -0.117. The van der Waals surface area contributed by atoms with E-state index in [1.165, 1.54) is 12.1 Å². The third-order valence-electron chi connectivity index (χ3n) is 7.09. The Morgan fingerprint density at radius 2 is 2.07 bits per heavy atom. The summed E-state index contributed by atoms with van der Waals surface area (Å²) in [5.74, 6) is -0.754. The number of anilines is 1. The van der Waals surface area contributed by atoms with Crippen LogP contribution in [0.2, 0.25) is 0 Å². The van der Waals surface area contributed by atoms with Gasteiger partial charge < -0.3 is 15.2 Å². The van der Waals surface area contributed by atoms with Gasteiger partial charge in [0.2, 0.25) is 5.91 Å². The summed E-state index contributed by atoms with van der Waals surface area (Å²) >= 11 is 0. The van der Waals surface area contributed by atoms with E-state index in [1.807, 2.05) is 29.8 Å². The van der Waals surface area contributed by atoms with Crippen LogP contribution < -0.4 is 21.7 Å². The first-order valence-corrected chi connectivity index (χ1v) is 12.9. The number of likely N-dealkylation sites (N-methyl/N-ethyl adjacent to an activating group) is 1. The Hall–Kier alpha value is -5.07. The Morgan fingerprint density at radius 3 is 2.90 bits per heavy atom. The van der Waals surface area contributed by atoms with Crippen LogP contribution in [-0.4, -0.2) is 43.2 Å². The van der Waals surface area contributed by atoms with E-state index in [1.54, 1.807) is 66.7 Å². The molecule has 0 unspecified atom stereocenters. The zero-order valence-corrected chi connectivity index (χ0v) is 22.6. The molecule has 5 heterocycles. The maximum absolute atomic E-state index is 13.9. The minimum Gasteiger partial charge on any atom is -0.315 e. The highest BCUT2D eigenvalue weighted by Gasteiger charge is 2.22. The second kappa shape index (κ2) is 10.5. The monoisotopic (exact) mass is 554 g/mol. The SMILES string of the molecule is CN[C@@H](C)C(=O)Nc1ncc(C2=CC3=CNON3C=C2)n(Cc2cncc(-n3cc(C)c4cc(F)ccc43)c2)c1=O. The van der Waals surface area contributed by atoms with Crippen LogP contribution in [0.15, 0.2) is 84.1 Å². The van der Waals surface area contributed by atoms with Crippen LogP contribution in [0, 0.1) is 12.7 Å². The van der Waals surface area contributed by atoms with Crippen molar-refractivity contribution in [3.05, 3.63) is 112 Å². The molecule has 12 heteroatoms. The normalized spacial score (nSPS) is 14.9. The van der Waals surface area contributed by atoms with Crippen LogP contribution in [-0.2, 0) is 16.3 Å². The number of carbonyl (C=O) groups excluding carboxylic acids is 1. The average Bonchev–Trinajstić information content (AvgIpc) is 3.58. The summed E-state index contributed by atoms with van der Waals surface area (Å²) in [7, 11) is 1.66. The molecule has 0 bridgehead atoms. The van der Waals surface area contributed by atoms with Crippen molar-refractivity contribution in [3.63, 3.8) is 0 Å². The first-order valence-electron chi connectivity index (χ1n) is 12.9. The maximum atomic E-state index is 13.9. The number of hydrogen-bond acceptors (Lipinski definition) is 8. The van der Waals surface area contributed by atoms with E-state index in [9.17, 15) is 14.0 Å². The minimum absolute atomic E-state index is 0.0777. The largest absolute Gasteiger partial charge is 0.315 e. The number of nitrogens with zero attached hydrogens (tertiary/aromatic N) is 5. The molecular weight excluding hydrogens is 527 g/mol. The van der Waals surface area contributed by atoms with Gasteiger partial charge in [-0.3, -0.25) is 19.1 Å². The molecule has 0 fully saturated rings. The summed E-state index contributed by atoms with van der Waals surface area (Å²) in [5.41, 5.74) is 7.52. The Labute approximate surface area is 234 Å². The third kappa shape index (κ3) is 4.90. The van der Waals surface area contributed by atoms with E-state index in [-0.39, 0.29) is 24.1 Å². The molecule has 1 aromatic carbocycles. The second-order valence-corrected chi connectivity index (χ2v) is 9.80. The number of hydrogen-bond donors (Lipinski definition) is 3. The lowest BCUT2D eigenvalue weighted by atomic mass is 10.1. The van der Waals surface area contributed by atoms with Crippen molar-refractivity contribution in [2.75, 3.05) is 12.4 Å². The van der Waals surface area contributed by atoms with Crippen molar-refractivity contribution >= 4 is 28.2 Å². The van der Waals surface area contributed by atoms with Gasteiger partial charge in [-0.25, -0.2) is 19.9 Å². The fourth-order valence-corrected chi connectivity index (χ4v) is 4.77. The number of pyridine rings is 1. The summed E-state index contributed by atoms with van der Waals surface area (Å²) in [6.45, 7) is 3.77. The van der Waals surface area contributed by atoms with Crippen molar-refractivity contribution in [2.45, 2.75) is 26.4 Å². The molecule has 0 aliphatic carbocycles. The van der Waals surface area contributed by atoms with Gasteiger partial charge >= 0.3 is 0 Å². The molecule has 0 saturated heterocycles. The van der Waals surface area contributed by atoms with Gasteiger partial charge in [-0.1, -0.05) is 0 Å². The quantitative estimate of drug-likeness (QED) is 0.319. The second-order valence-electron chi connectivity index (χ2n) is 9.80. The Balaban J connectivity index is 1.42. The maximum Gasteiger partial charge on any atom is 0.294 e. The summed E-state index contributed by atoms with van der Waals surface area (Å²) in [4.78, 5) is 40.3. The average molecular weight is 555 g/mol. The lowest BCUT2D eigenvalue weighted by Gasteiger charge is -2.20. The molecular formula is C29H27FN8O3. The van der Waals surface area contributed by atoms with Crippen molar-refractivity contribution in [1.29, 1.82) is 0 Å². The first-order chi connectivity index (χ1) is 19.8. The highest BCUT2D eigenvalue weighted by molar-refractivity contribution is 5.93. The number of hydroxylamine groups is 3. The summed E-state index contributed by atoms with van der Waals surface area (Å²) < 4.78 is 17.4. The number of halogens is 1. The Kier molecular flexibility index (Phi) is 6.69. The summed E-state index contributed by atoms with van der Waals surface area (Å²) in [6.07, 6.45) is 14.0. The van der Waals surface area contributed by atoms with E-state index < -0.39 is 11.6 Å². The molecule has 1 atom stereocenters. The fourth-order valence-electron chi connectivity index (χ4n) is 4.77. The molecule has 0 radical (unpaired) electrons. The Morgan fingerprint density at radius 1 is 1.22 bits per heavy atom. The smallest absolute Gasteiger partial charge is 0.294 e. The molecule has 2 aliphatic rings. The van der Waals surface area contributed by atoms with E-state index in [0.29, 0.717) is 5.69 Å². The van der Waals surface area contributed by atoms with Crippen LogP contribution in [0.4, 0.5) is 10.2 Å². The number of fused-ring (bicyclic) bond motifs is 2. The number of rotatable bonds is 7. The minimum atomic E-state index is -0.518. The van der Waals surface area contributed by atoms with Crippen LogP contribution in [0.1, 0.15) is 23.7 Å². The predicted molar refractivity (Wildman–Crippen MR) is 152 cm³/mol. The van der Waals surface area contributed by atoms with Gasteiger partial charge in [0.1, 0.15) is 5.82 Å². The molecule has 0 saturated carbocycles. The molecule has 2 aliphatic heterocycles. The van der Waals surface area contributed by atoms with Gasteiger partial charge in [0, 0.05) is 29.6 Å². The van der Waals surface area contributed by atoms with Gasteiger partial charge in [-0.2, -0.15) is 4.94 Å². The van der Waals surface area contributed by atoms with Crippen LogP contribution in [0.3, 0.4) is 0 Å². The molecule has 41 heavy (non-hydrogen) atoms. The molecule has 0 spiro atoms.